The van der Waals surface area contributed by atoms with Gasteiger partial charge in [0.25, 0.3) is 0 Å². The van der Waals surface area contributed by atoms with Gasteiger partial charge in [0, 0.05) is 4.47 Å². The van der Waals surface area contributed by atoms with Crippen molar-refractivity contribution < 1.29 is 5.11 Å². The molecule has 0 spiro atoms. The molecule has 19 heavy (non-hydrogen) atoms. The largest absolute Gasteiger partial charge is 0.381 e. The molecule has 0 fully saturated rings. The first-order valence-corrected chi connectivity index (χ1v) is 7.31. The number of thiophene rings is 1. The van der Waals surface area contributed by atoms with Gasteiger partial charge in [-0.1, -0.05) is 23.4 Å². The second-order valence-electron chi connectivity index (χ2n) is 3.94. The Hall–Kier alpha value is -1.50. The summed E-state index contributed by atoms with van der Waals surface area (Å²) in [7, 11) is 0. The lowest BCUT2D eigenvalue weighted by Gasteiger charge is -2.11. The summed E-state index contributed by atoms with van der Waals surface area (Å²) in [6.45, 7) is 0. The van der Waals surface area contributed by atoms with E-state index >= 15 is 0 Å². The molecule has 0 aliphatic heterocycles. The van der Waals surface area contributed by atoms with Crippen molar-refractivity contribution >= 4 is 27.3 Å². The van der Waals surface area contributed by atoms with Gasteiger partial charge in [-0.3, -0.25) is 0 Å². The van der Waals surface area contributed by atoms with Gasteiger partial charge in [0.15, 0.2) is 0 Å². The average molecular weight is 336 g/mol. The van der Waals surface area contributed by atoms with Crippen LogP contribution in [0.1, 0.15) is 16.7 Å². The second-order valence-corrected chi connectivity index (χ2v) is 5.74. The van der Waals surface area contributed by atoms with E-state index in [9.17, 15) is 5.11 Å². The Morgan fingerprint density at radius 2 is 2.00 bits per heavy atom. The van der Waals surface area contributed by atoms with Crippen LogP contribution in [0.15, 0.2) is 52.4 Å². The Bertz CT molecular complexity index is 680. The highest BCUT2D eigenvalue weighted by Gasteiger charge is 2.20. The molecular weight excluding hydrogens is 326 g/mol. The molecule has 1 unspecified atom stereocenters. The fourth-order valence-electron chi connectivity index (χ4n) is 1.83. The molecule has 1 atom stereocenters. The lowest BCUT2D eigenvalue weighted by Crippen LogP contribution is -2.07. The van der Waals surface area contributed by atoms with E-state index in [0.717, 1.165) is 15.0 Å². The number of hydrogen-bond donors (Lipinski definition) is 1. The maximum Gasteiger partial charge on any atom is 0.133 e. The zero-order valence-corrected chi connectivity index (χ0v) is 12.2. The Kier molecular flexibility index (Phi) is 3.46. The summed E-state index contributed by atoms with van der Waals surface area (Å²) >= 11 is 4.93. The fourth-order valence-corrected chi connectivity index (χ4v) is 3.42. The Morgan fingerprint density at radius 3 is 2.68 bits per heavy atom. The highest BCUT2D eigenvalue weighted by atomic mass is 79.9. The number of rotatable bonds is 3. The molecule has 0 bridgehead atoms. The monoisotopic (exact) mass is 335 g/mol. The number of aromatic nitrogens is 3. The van der Waals surface area contributed by atoms with Crippen LogP contribution in [0.4, 0.5) is 0 Å². The van der Waals surface area contributed by atoms with Gasteiger partial charge in [-0.05, 0) is 39.5 Å². The Balaban J connectivity index is 2.04. The van der Waals surface area contributed by atoms with Crippen molar-refractivity contribution in [2.45, 2.75) is 6.10 Å². The van der Waals surface area contributed by atoms with Gasteiger partial charge in [0.2, 0.25) is 0 Å². The van der Waals surface area contributed by atoms with Gasteiger partial charge in [-0.25, -0.2) is 4.68 Å². The number of halogens is 1. The van der Waals surface area contributed by atoms with Crippen molar-refractivity contribution in [2.75, 3.05) is 0 Å². The van der Waals surface area contributed by atoms with E-state index in [1.807, 2.05) is 41.8 Å². The minimum Gasteiger partial charge on any atom is -0.381 e. The van der Waals surface area contributed by atoms with Crippen molar-refractivity contribution in [1.82, 2.24) is 15.0 Å². The summed E-state index contributed by atoms with van der Waals surface area (Å²) in [5, 5.41) is 20.3. The molecular formula is C13H10BrN3OS. The predicted molar refractivity (Wildman–Crippen MR) is 77.4 cm³/mol. The van der Waals surface area contributed by atoms with E-state index in [2.05, 4.69) is 26.2 Å². The maximum atomic E-state index is 10.5. The smallest absolute Gasteiger partial charge is 0.133 e. The molecule has 1 N–H and O–H groups in total. The summed E-state index contributed by atoms with van der Waals surface area (Å²) in [4.78, 5) is 0.847. The molecule has 2 heterocycles. The van der Waals surface area contributed by atoms with Crippen LogP contribution in [0.3, 0.4) is 0 Å². The summed E-state index contributed by atoms with van der Waals surface area (Å²) in [5.41, 5.74) is 1.52. The first-order chi connectivity index (χ1) is 9.27. The fraction of sp³-hybridized carbons (Fsp3) is 0.0769. The zero-order valence-electron chi connectivity index (χ0n) is 9.77. The molecule has 3 rings (SSSR count). The van der Waals surface area contributed by atoms with Gasteiger partial charge in [-0.2, -0.15) is 0 Å². The molecule has 0 amide bonds. The third-order valence-electron chi connectivity index (χ3n) is 2.75. The number of aliphatic hydroxyl groups is 1. The van der Waals surface area contributed by atoms with Crippen LogP contribution in [0.25, 0.3) is 5.69 Å². The number of para-hydroxylation sites is 1. The molecule has 1 aromatic carbocycles. The first-order valence-electron chi connectivity index (χ1n) is 5.64. The quantitative estimate of drug-likeness (QED) is 0.799. The van der Waals surface area contributed by atoms with Gasteiger partial charge >= 0.3 is 0 Å². The van der Waals surface area contributed by atoms with Crippen LogP contribution in [0.2, 0.25) is 0 Å². The molecule has 0 aliphatic carbocycles. The van der Waals surface area contributed by atoms with E-state index in [1.165, 1.54) is 11.3 Å². The molecule has 2 aromatic heterocycles. The predicted octanol–water partition coefficient (Wildman–Crippen LogP) is 3.17. The number of aliphatic hydroxyl groups excluding tert-OH is 1. The normalized spacial score (nSPS) is 12.5. The van der Waals surface area contributed by atoms with Crippen LogP contribution in [0, 0.1) is 0 Å². The third-order valence-corrected chi connectivity index (χ3v) is 4.67. The van der Waals surface area contributed by atoms with Crippen LogP contribution < -0.4 is 0 Å². The number of nitrogens with zero attached hydrogens (tertiary/aromatic N) is 3. The molecule has 0 aliphatic rings. The van der Waals surface area contributed by atoms with Crippen molar-refractivity contribution in [3.63, 3.8) is 0 Å². The third kappa shape index (κ3) is 2.34. The van der Waals surface area contributed by atoms with Crippen LogP contribution in [0.5, 0.6) is 0 Å². The lowest BCUT2D eigenvalue weighted by molar-refractivity contribution is 0.215. The topological polar surface area (TPSA) is 50.9 Å². The number of benzene rings is 1. The summed E-state index contributed by atoms with van der Waals surface area (Å²) in [5.74, 6) is 0. The molecule has 3 aromatic rings. The highest BCUT2D eigenvalue weighted by molar-refractivity contribution is 9.10. The minimum atomic E-state index is -0.746. The van der Waals surface area contributed by atoms with Gasteiger partial charge in [0.05, 0.1) is 22.5 Å². The van der Waals surface area contributed by atoms with Crippen LogP contribution in [-0.2, 0) is 0 Å². The van der Waals surface area contributed by atoms with Gasteiger partial charge in [0.1, 0.15) is 6.10 Å². The first kappa shape index (κ1) is 12.5. The van der Waals surface area contributed by atoms with Crippen molar-refractivity contribution in [1.29, 1.82) is 0 Å². The van der Waals surface area contributed by atoms with Crippen molar-refractivity contribution in [3.05, 3.63) is 63.0 Å². The van der Waals surface area contributed by atoms with Gasteiger partial charge in [-0.15, -0.1) is 16.4 Å². The van der Waals surface area contributed by atoms with Crippen LogP contribution >= 0.6 is 27.3 Å². The number of hydrogen-bond acceptors (Lipinski definition) is 4. The van der Waals surface area contributed by atoms with E-state index < -0.39 is 6.10 Å². The summed E-state index contributed by atoms with van der Waals surface area (Å²) < 4.78 is 2.54. The average Bonchev–Trinajstić information content (AvgIpc) is 3.07. The van der Waals surface area contributed by atoms with E-state index in [1.54, 1.807) is 10.9 Å². The summed E-state index contributed by atoms with van der Waals surface area (Å²) in [6, 6.07) is 11.6. The van der Waals surface area contributed by atoms with E-state index in [4.69, 9.17) is 0 Å². The lowest BCUT2D eigenvalue weighted by atomic mass is 10.2. The molecule has 6 heteroatoms. The maximum absolute atomic E-state index is 10.5. The van der Waals surface area contributed by atoms with E-state index in [0.29, 0.717) is 5.69 Å². The van der Waals surface area contributed by atoms with Crippen molar-refractivity contribution in [3.8, 4) is 5.69 Å². The molecule has 0 saturated heterocycles. The van der Waals surface area contributed by atoms with Crippen molar-refractivity contribution in [2.24, 2.45) is 0 Å². The summed E-state index contributed by atoms with van der Waals surface area (Å²) in [6.07, 6.45) is 0.841. The standard InChI is InChI=1S/C13H10BrN3OS/c14-10-6-7-19-13(10)12(18)11-8-15-16-17(11)9-4-2-1-3-5-9/h1-8,12,18H. The second kappa shape index (κ2) is 5.24. The Labute approximate surface area is 122 Å². The highest BCUT2D eigenvalue weighted by Crippen LogP contribution is 2.33. The Morgan fingerprint density at radius 1 is 1.21 bits per heavy atom. The van der Waals surface area contributed by atoms with Crippen LogP contribution in [-0.4, -0.2) is 20.1 Å². The minimum absolute atomic E-state index is 0.648. The molecule has 96 valence electrons. The molecule has 4 nitrogen and oxygen atoms in total. The molecule has 0 saturated carbocycles. The zero-order chi connectivity index (χ0) is 13.2. The van der Waals surface area contributed by atoms with E-state index in [-0.39, 0.29) is 0 Å². The SMILES string of the molecule is OC(c1sccc1Br)c1cnnn1-c1ccccc1. The molecule has 0 radical (unpaired) electrons. The van der Waals surface area contributed by atoms with Gasteiger partial charge < -0.3 is 5.11 Å².